The molecule has 6 nitrogen and oxygen atoms in total. The van der Waals surface area contributed by atoms with Crippen LogP contribution < -0.4 is 10.2 Å². The van der Waals surface area contributed by atoms with Gasteiger partial charge in [-0.15, -0.1) is 11.3 Å². The maximum Gasteiger partial charge on any atom is 0.305 e. The summed E-state index contributed by atoms with van der Waals surface area (Å²) in [4.78, 5) is 30.1. The van der Waals surface area contributed by atoms with Crippen molar-refractivity contribution >= 4 is 50.0 Å². The number of nitrogens with zero attached hydrogens (tertiary/aromatic N) is 2. The van der Waals surface area contributed by atoms with Crippen molar-refractivity contribution in [3.05, 3.63) is 99.3 Å². The molecule has 0 fully saturated rings. The number of aryl methyl sites for hydroxylation is 1. The molecule has 1 heterocycles. The fourth-order valence-corrected chi connectivity index (χ4v) is 4.81. The van der Waals surface area contributed by atoms with Crippen LogP contribution in [0.2, 0.25) is 0 Å². The van der Waals surface area contributed by atoms with Gasteiger partial charge >= 0.3 is 5.97 Å². The van der Waals surface area contributed by atoms with Gasteiger partial charge in [0.1, 0.15) is 0 Å². The minimum Gasteiger partial charge on any atom is -0.481 e. The summed E-state index contributed by atoms with van der Waals surface area (Å²) in [5.41, 5.74) is 5.67. The summed E-state index contributed by atoms with van der Waals surface area (Å²) in [6.45, 7) is 2.75. The Hall–Kier alpha value is -3.49. The van der Waals surface area contributed by atoms with Crippen molar-refractivity contribution in [2.45, 2.75) is 19.9 Å². The molecule has 8 heteroatoms. The highest BCUT2D eigenvalue weighted by Gasteiger charge is 2.16. The molecular formula is C27H24BrN3O3S. The number of halogens is 1. The molecule has 4 rings (SSSR count). The standard InChI is InChI=1S/C27H24BrN3O3S/c1-18-5-7-20(8-6-18)24-17-35-27(30-24)31(16-19-3-2-4-22(28)15-19)23-11-9-21(10-12-23)26(34)29-14-13-25(32)33/h2-12,15,17H,13-14,16H2,1H3,(H,29,34)(H,32,33). The van der Waals surface area contributed by atoms with Crippen molar-refractivity contribution in [1.82, 2.24) is 10.3 Å². The number of aliphatic carboxylic acids is 1. The molecule has 1 aromatic heterocycles. The molecule has 4 aromatic rings. The summed E-state index contributed by atoms with van der Waals surface area (Å²) in [5, 5.41) is 14.3. The van der Waals surface area contributed by atoms with Gasteiger partial charge in [-0.25, -0.2) is 4.98 Å². The van der Waals surface area contributed by atoms with Crippen molar-refractivity contribution < 1.29 is 14.7 Å². The van der Waals surface area contributed by atoms with Crippen LogP contribution in [0.3, 0.4) is 0 Å². The van der Waals surface area contributed by atoms with Crippen LogP contribution in [-0.2, 0) is 11.3 Å². The average molecular weight is 550 g/mol. The van der Waals surface area contributed by atoms with E-state index in [1.807, 2.05) is 24.3 Å². The van der Waals surface area contributed by atoms with Gasteiger partial charge in [0, 0.05) is 33.2 Å². The summed E-state index contributed by atoms with van der Waals surface area (Å²) in [6.07, 6.45) is -0.113. The normalized spacial score (nSPS) is 10.7. The molecule has 0 aliphatic heterocycles. The largest absolute Gasteiger partial charge is 0.481 e. The quantitative estimate of drug-likeness (QED) is 0.251. The molecule has 0 radical (unpaired) electrons. The van der Waals surface area contributed by atoms with Crippen molar-refractivity contribution in [3.63, 3.8) is 0 Å². The molecule has 178 valence electrons. The molecule has 0 aliphatic rings. The van der Waals surface area contributed by atoms with Crippen LogP contribution >= 0.6 is 27.3 Å². The highest BCUT2D eigenvalue weighted by molar-refractivity contribution is 9.10. The summed E-state index contributed by atoms with van der Waals surface area (Å²) in [7, 11) is 0. The fourth-order valence-electron chi connectivity index (χ4n) is 3.51. The molecule has 0 saturated heterocycles. The Balaban J connectivity index is 1.60. The molecule has 0 aliphatic carbocycles. The van der Waals surface area contributed by atoms with Gasteiger partial charge in [-0.05, 0) is 48.9 Å². The zero-order valence-corrected chi connectivity index (χ0v) is 21.5. The highest BCUT2D eigenvalue weighted by Crippen LogP contribution is 2.34. The number of benzene rings is 3. The first-order valence-electron chi connectivity index (χ1n) is 11.0. The smallest absolute Gasteiger partial charge is 0.305 e. The SMILES string of the molecule is Cc1ccc(-c2csc(N(Cc3cccc(Br)c3)c3ccc(C(=O)NCCC(=O)O)cc3)n2)cc1. The van der Waals surface area contributed by atoms with Gasteiger partial charge < -0.3 is 15.3 Å². The van der Waals surface area contributed by atoms with E-state index in [0.717, 1.165) is 32.1 Å². The number of nitrogens with one attached hydrogen (secondary N) is 1. The molecule has 0 atom stereocenters. The van der Waals surface area contributed by atoms with E-state index in [9.17, 15) is 9.59 Å². The number of carbonyl (C=O) groups excluding carboxylic acids is 1. The zero-order chi connectivity index (χ0) is 24.8. The Bertz CT molecular complexity index is 1320. The van der Waals surface area contributed by atoms with E-state index in [1.54, 1.807) is 23.5 Å². The van der Waals surface area contributed by atoms with E-state index in [-0.39, 0.29) is 18.9 Å². The Morgan fingerprint density at radius 3 is 2.49 bits per heavy atom. The first-order valence-corrected chi connectivity index (χ1v) is 12.7. The van der Waals surface area contributed by atoms with Crippen LogP contribution in [0.1, 0.15) is 27.9 Å². The summed E-state index contributed by atoms with van der Waals surface area (Å²) in [6, 6.07) is 23.7. The lowest BCUT2D eigenvalue weighted by atomic mass is 10.1. The number of rotatable bonds is 9. The summed E-state index contributed by atoms with van der Waals surface area (Å²) in [5.74, 6) is -1.25. The number of hydrogen-bond acceptors (Lipinski definition) is 5. The minimum atomic E-state index is -0.947. The van der Waals surface area contributed by atoms with E-state index in [0.29, 0.717) is 12.1 Å². The Morgan fingerprint density at radius 1 is 1.06 bits per heavy atom. The second-order valence-electron chi connectivity index (χ2n) is 8.04. The number of thiazole rings is 1. The zero-order valence-electron chi connectivity index (χ0n) is 19.1. The number of carboxylic acids is 1. The van der Waals surface area contributed by atoms with Crippen molar-refractivity contribution in [2.75, 3.05) is 11.4 Å². The lowest BCUT2D eigenvalue weighted by Crippen LogP contribution is -2.26. The lowest BCUT2D eigenvalue weighted by Gasteiger charge is -2.22. The Labute approximate surface area is 216 Å². The van der Waals surface area contributed by atoms with Crippen LogP contribution in [0.5, 0.6) is 0 Å². The third kappa shape index (κ3) is 6.55. The third-order valence-corrected chi connectivity index (χ3v) is 6.72. The summed E-state index contributed by atoms with van der Waals surface area (Å²) < 4.78 is 1.00. The number of amides is 1. The van der Waals surface area contributed by atoms with Crippen molar-refractivity contribution in [2.24, 2.45) is 0 Å². The van der Waals surface area contributed by atoms with Gasteiger partial charge in [-0.1, -0.05) is 57.9 Å². The summed E-state index contributed by atoms with van der Waals surface area (Å²) >= 11 is 5.11. The lowest BCUT2D eigenvalue weighted by molar-refractivity contribution is -0.136. The van der Waals surface area contributed by atoms with Crippen molar-refractivity contribution in [3.8, 4) is 11.3 Å². The van der Waals surface area contributed by atoms with Crippen LogP contribution in [0.15, 0.2) is 82.6 Å². The monoisotopic (exact) mass is 549 g/mol. The predicted molar refractivity (Wildman–Crippen MR) is 143 cm³/mol. The van der Waals surface area contributed by atoms with E-state index in [1.165, 1.54) is 5.56 Å². The van der Waals surface area contributed by atoms with Gasteiger partial charge in [0.05, 0.1) is 18.7 Å². The topological polar surface area (TPSA) is 82.5 Å². The molecular weight excluding hydrogens is 526 g/mol. The van der Waals surface area contributed by atoms with Gasteiger partial charge in [0.15, 0.2) is 5.13 Å². The number of carboxylic acid groups (broad SMARTS) is 1. The van der Waals surface area contributed by atoms with Crippen LogP contribution in [0.4, 0.5) is 10.8 Å². The maximum absolute atomic E-state index is 12.4. The van der Waals surface area contributed by atoms with Gasteiger partial charge in [-0.3, -0.25) is 9.59 Å². The van der Waals surface area contributed by atoms with Gasteiger partial charge in [0.2, 0.25) is 0 Å². The molecule has 2 N–H and O–H groups in total. The fraction of sp³-hybridized carbons (Fsp3) is 0.148. The van der Waals surface area contributed by atoms with Crippen LogP contribution in [0.25, 0.3) is 11.3 Å². The van der Waals surface area contributed by atoms with E-state index in [4.69, 9.17) is 10.1 Å². The number of carbonyl (C=O) groups is 2. The maximum atomic E-state index is 12.4. The van der Waals surface area contributed by atoms with E-state index >= 15 is 0 Å². The minimum absolute atomic E-state index is 0.0891. The molecule has 1 amide bonds. The van der Waals surface area contributed by atoms with Crippen molar-refractivity contribution in [1.29, 1.82) is 0 Å². The highest BCUT2D eigenvalue weighted by atomic mass is 79.9. The molecule has 0 spiro atoms. The number of hydrogen-bond donors (Lipinski definition) is 2. The molecule has 3 aromatic carbocycles. The van der Waals surface area contributed by atoms with E-state index in [2.05, 4.69) is 74.8 Å². The first-order chi connectivity index (χ1) is 16.9. The van der Waals surface area contributed by atoms with Crippen LogP contribution in [0, 0.1) is 6.92 Å². The first kappa shape index (κ1) is 24.6. The van der Waals surface area contributed by atoms with E-state index < -0.39 is 5.97 Å². The van der Waals surface area contributed by atoms with Crippen LogP contribution in [-0.4, -0.2) is 28.5 Å². The third-order valence-electron chi connectivity index (χ3n) is 5.37. The second kappa shape index (κ2) is 11.3. The Kier molecular flexibility index (Phi) is 7.94. The van der Waals surface area contributed by atoms with Gasteiger partial charge in [0.25, 0.3) is 5.91 Å². The average Bonchev–Trinajstić information content (AvgIpc) is 3.33. The number of anilines is 2. The molecule has 35 heavy (non-hydrogen) atoms. The second-order valence-corrected chi connectivity index (χ2v) is 9.80. The number of aromatic nitrogens is 1. The Morgan fingerprint density at radius 2 is 1.80 bits per heavy atom. The molecule has 0 bridgehead atoms. The van der Waals surface area contributed by atoms with Gasteiger partial charge in [-0.2, -0.15) is 0 Å². The molecule has 0 unspecified atom stereocenters. The molecule has 0 saturated carbocycles. The predicted octanol–water partition coefficient (Wildman–Crippen LogP) is 6.42.